The molecule has 130 valence electrons. The smallest absolute Gasteiger partial charge is 0.265 e. The molecule has 0 spiro atoms. The molecular weight excluding hydrogens is 342 g/mol. The van der Waals surface area contributed by atoms with E-state index in [0.29, 0.717) is 4.88 Å². The average molecular weight is 361 g/mol. The van der Waals surface area contributed by atoms with Gasteiger partial charge in [0, 0.05) is 12.7 Å². The molecule has 1 N–H and O–H groups in total. The Labute approximate surface area is 156 Å². The summed E-state index contributed by atoms with van der Waals surface area (Å²) in [7, 11) is 2.00. The third-order valence-corrected chi connectivity index (χ3v) is 5.55. The van der Waals surface area contributed by atoms with Crippen LogP contribution in [0.3, 0.4) is 0 Å². The van der Waals surface area contributed by atoms with Gasteiger partial charge in [0.1, 0.15) is 0 Å². The number of rotatable bonds is 3. The first-order chi connectivity index (χ1) is 12.5. The van der Waals surface area contributed by atoms with E-state index >= 15 is 0 Å². The molecule has 0 radical (unpaired) electrons. The number of carbonyl (C=O) groups is 1. The van der Waals surface area contributed by atoms with E-state index in [-0.39, 0.29) is 5.91 Å². The van der Waals surface area contributed by atoms with Crippen LogP contribution in [0.15, 0.2) is 54.6 Å². The van der Waals surface area contributed by atoms with Gasteiger partial charge in [-0.05, 0) is 49.7 Å². The number of thiophene rings is 1. The lowest BCUT2D eigenvalue weighted by atomic mass is 10.1. The van der Waals surface area contributed by atoms with E-state index in [0.717, 1.165) is 33.0 Å². The summed E-state index contributed by atoms with van der Waals surface area (Å²) in [4.78, 5) is 19.0. The molecule has 0 bridgehead atoms. The molecule has 0 aliphatic rings. The molecule has 4 rings (SSSR count). The normalized spacial score (nSPS) is 11.0. The van der Waals surface area contributed by atoms with Gasteiger partial charge >= 0.3 is 0 Å². The fraction of sp³-hybridized carbons (Fsp3) is 0.143. The zero-order valence-corrected chi connectivity index (χ0v) is 15.7. The number of imidazole rings is 1. The van der Waals surface area contributed by atoms with E-state index in [2.05, 4.69) is 16.0 Å². The van der Waals surface area contributed by atoms with Gasteiger partial charge in [-0.3, -0.25) is 4.79 Å². The van der Waals surface area contributed by atoms with Crippen molar-refractivity contribution in [2.75, 3.05) is 5.32 Å². The third kappa shape index (κ3) is 2.91. The first-order valence-electron chi connectivity index (χ1n) is 8.43. The number of benzene rings is 2. The maximum Gasteiger partial charge on any atom is 0.265 e. The van der Waals surface area contributed by atoms with Crippen LogP contribution in [0.5, 0.6) is 0 Å². The first-order valence-corrected chi connectivity index (χ1v) is 9.25. The second-order valence-electron chi connectivity index (χ2n) is 6.42. The quantitative estimate of drug-likeness (QED) is 0.547. The van der Waals surface area contributed by atoms with Crippen molar-refractivity contribution < 1.29 is 4.79 Å². The molecular formula is C21H19N3OS. The van der Waals surface area contributed by atoms with Crippen LogP contribution in [0, 0.1) is 13.8 Å². The molecule has 0 aliphatic heterocycles. The predicted octanol–water partition coefficient (Wildman–Crippen LogP) is 5.17. The fourth-order valence-corrected chi connectivity index (χ4v) is 4.01. The van der Waals surface area contributed by atoms with Gasteiger partial charge in [0.05, 0.1) is 20.8 Å². The van der Waals surface area contributed by atoms with Crippen LogP contribution in [0.2, 0.25) is 0 Å². The number of para-hydroxylation sites is 2. The lowest BCUT2D eigenvalue weighted by molar-refractivity contribution is 0.103. The molecule has 0 atom stereocenters. The number of carbonyl (C=O) groups excluding carboxylic acids is 1. The molecule has 0 fully saturated rings. The minimum absolute atomic E-state index is 0.0908. The van der Waals surface area contributed by atoms with E-state index in [4.69, 9.17) is 4.98 Å². The van der Waals surface area contributed by atoms with Crippen molar-refractivity contribution in [2.24, 2.45) is 7.05 Å². The van der Waals surface area contributed by atoms with Crippen molar-refractivity contribution in [2.45, 2.75) is 13.8 Å². The van der Waals surface area contributed by atoms with Gasteiger partial charge in [0.25, 0.3) is 5.91 Å². The summed E-state index contributed by atoms with van der Waals surface area (Å²) in [6.07, 6.45) is 0. The molecule has 0 aliphatic carbocycles. The molecule has 2 aromatic carbocycles. The standard InChI is InChI=1S/C21H19N3OS/c1-13-8-9-15(14(2)12-13)23-21(25)19-11-10-18(26-19)20-22-16-6-4-5-7-17(16)24(20)3/h4-12H,1-3H3,(H,23,25). The van der Waals surface area contributed by atoms with E-state index in [1.165, 1.54) is 16.9 Å². The summed E-state index contributed by atoms with van der Waals surface area (Å²) in [6, 6.07) is 17.9. The monoisotopic (exact) mass is 361 g/mol. The number of hydrogen-bond donors (Lipinski definition) is 1. The zero-order valence-electron chi connectivity index (χ0n) is 14.9. The highest BCUT2D eigenvalue weighted by Gasteiger charge is 2.15. The first kappa shape index (κ1) is 16.5. The van der Waals surface area contributed by atoms with Gasteiger partial charge in [-0.2, -0.15) is 0 Å². The van der Waals surface area contributed by atoms with Gasteiger partial charge in [-0.25, -0.2) is 4.98 Å². The van der Waals surface area contributed by atoms with E-state index in [1.807, 2.05) is 69.4 Å². The van der Waals surface area contributed by atoms with E-state index in [1.54, 1.807) is 0 Å². The number of aryl methyl sites for hydroxylation is 3. The largest absolute Gasteiger partial charge is 0.326 e. The highest BCUT2D eigenvalue weighted by molar-refractivity contribution is 7.17. The average Bonchev–Trinajstić information content (AvgIpc) is 3.23. The zero-order chi connectivity index (χ0) is 18.3. The number of nitrogens with one attached hydrogen (secondary N) is 1. The Morgan fingerprint density at radius 1 is 1.08 bits per heavy atom. The van der Waals surface area contributed by atoms with Crippen LogP contribution >= 0.6 is 11.3 Å². The van der Waals surface area contributed by atoms with Gasteiger partial charge in [0.15, 0.2) is 5.82 Å². The van der Waals surface area contributed by atoms with Crippen molar-refractivity contribution in [1.82, 2.24) is 9.55 Å². The highest BCUT2D eigenvalue weighted by atomic mass is 32.1. The van der Waals surface area contributed by atoms with Crippen LogP contribution < -0.4 is 5.32 Å². The minimum Gasteiger partial charge on any atom is -0.326 e. The maximum absolute atomic E-state index is 12.6. The van der Waals surface area contributed by atoms with Gasteiger partial charge < -0.3 is 9.88 Å². The van der Waals surface area contributed by atoms with Gasteiger partial charge in [0.2, 0.25) is 0 Å². The van der Waals surface area contributed by atoms with Crippen molar-refractivity contribution >= 4 is 34.0 Å². The van der Waals surface area contributed by atoms with Crippen LogP contribution in [-0.4, -0.2) is 15.5 Å². The summed E-state index contributed by atoms with van der Waals surface area (Å²) in [6.45, 7) is 4.04. The molecule has 2 heterocycles. The molecule has 0 saturated heterocycles. The van der Waals surface area contributed by atoms with Gasteiger partial charge in [-0.15, -0.1) is 11.3 Å². The Hall–Kier alpha value is -2.92. The molecule has 4 aromatic rings. The maximum atomic E-state index is 12.6. The minimum atomic E-state index is -0.0908. The Morgan fingerprint density at radius 3 is 2.65 bits per heavy atom. The summed E-state index contributed by atoms with van der Waals surface area (Å²) >= 11 is 1.46. The number of fused-ring (bicyclic) bond motifs is 1. The van der Waals surface area contributed by atoms with Crippen LogP contribution in [0.4, 0.5) is 5.69 Å². The number of hydrogen-bond acceptors (Lipinski definition) is 3. The summed E-state index contributed by atoms with van der Waals surface area (Å²) in [5.41, 5.74) is 5.13. The molecule has 5 heteroatoms. The molecule has 4 nitrogen and oxygen atoms in total. The Balaban J connectivity index is 1.62. The van der Waals surface area contributed by atoms with Crippen molar-refractivity contribution in [3.05, 3.63) is 70.6 Å². The Bertz CT molecular complexity index is 1120. The predicted molar refractivity (Wildman–Crippen MR) is 108 cm³/mol. The molecule has 0 unspecified atom stereocenters. The Kier molecular flexibility index (Phi) is 4.09. The van der Waals surface area contributed by atoms with E-state index < -0.39 is 0 Å². The van der Waals surface area contributed by atoms with Crippen LogP contribution in [0.1, 0.15) is 20.8 Å². The second kappa shape index (κ2) is 6.42. The molecule has 2 aromatic heterocycles. The highest BCUT2D eigenvalue weighted by Crippen LogP contribution is 2.30. The number of amides is 1. The van der Waals surface area contributed by atoms with E-state index in [9.17, 15) is 4.79 Å². The lowest BCUT2D eigenvalue weighted by Crippen LogP contribution is -2.11. The number of nitrogens with zero attached hydrogens (tertiary/aromatic N) is 2. The van der Waals surface area contributed by atoms with Crippen LogP contribution in [0.25, 0.3) is 21.7 Å². The van der Waals surface area contributed by atoms with Crippen molar-refractivity contribution in [3.8, 4) is 10.7 Å². The molecule has 26 heavy (non-hydrogen) atoms. The molecule has 0 saturated carbocycles. The summed E-state index contributed by atoms with van der Waals surface area (Å²) < 4.78 is 2.06. The summed E-state index contributed by atoms with van der Waals surface area (Å²) in [5, 5.41) is 3.00. The topological polar surface area (TPSA) is 46.9 Å². The second-order valence-corrected chi connectivity index (χ2v) is 7.50. The Morgan fingerprint density at radius 2 is 1.88 bits per heavy atom. The third-order valence-electron chi connectivity index (χ3n) is 4.47. The van der Waals surface area contributed by atoms with Gasteiger partial charge in [-0.1, -0.05) is 29.8 Å². The fourth-order valence-electron chi connectivity index (χ4n) is 3.08. The van der Waals surface area contributed by atoms with Crippen LogP contribution in [-0.2, 0) is 7.05 Å². The SMILES string of the molecule is Cc1ccc(NC(=O)c2ccc(-c3nc4ccccc4n3C)s2)c(C)c1. The van der Waals surface area contributed by atoms with Crippen molar-refractivity contribution in [3.63, 3.8) is 0 Å². The molecule has 1 amide bonds. The number of aromatic nitrogens is 2. The lowest BCUT2D eigenvalue weighted by Gasteiger charge is -2.08. The number of anilines is 1. The van der Waals surface area contributed by atoms with Crippen molar-refractivity contribution in [1.29, 1.82) is 0 Å². The summed E-state index contributed by atoms with van der Waals surface area (Å²) in [5.74, 6) is 0.786.